The third kappa shape index (κ3) is 4.64. The van der Waals surface area contributed by atoms with Crippen molar-refractivity contribution in [3.05, 3.63) is 35.4 Å². The topological polar surface area (TPSA) is 60.9 Å². The minimum absolute atomic E-state index is 0.00753. The van der Waals surface area contributed by atoms with Gasteiger partial charge in [-0.15, -0.1) is 0 Å². The summed E-state index contributed by atoms with van der Waals surface area (Å²) >= 11 is 0. The number of piperidine rings is 1. The maximum absolute atomic E-state index is 12.6. The molecule has 0 N–H and O–H groups in total. The number of hydrogen-bond acceptors (Lipinski definition) is 4. The molecule has 2 heterocycles. The van der Waals surface area contributed by atoms with Crippen LogP contribution in [0.1, 0.15) is 35.7 Å². The maximum Gasteiger partial charge on any atom is 0.253 e. The van der Waals surface area contributed by atoms with Crippen LogP contribution >= 0.6 is 0 Å². The molecule has 2 fully saturated rings. The van der Waals surface area contributed by atoms with E-state index in [9.17, 15) is 13.2 Å². The van der Waals surface area contributed by atoms with E-state index < -0.39 is 10.0 Å². The van der Waals surface area contributed by atoms with E-state index in [2.05, 4.69) is 11.8 Å². The predicted molar refractivity (Wildman–Crippen MR) is 102 cm³/mol. The zero-order valence-corrected chi connectivity index (χ0v) is 16.5. The van der Waals surface area contributed by atoms with Crippen molar-refractivity contribution in [3.8, 4) is 0 Å². The molecule has 0 bridgehead atoms. The second-order valence-corrected chi connectivity index (χ2v) is 9.60. The Morgan fingerprint density at radius 1 is 1.00 bits per heavy atom. The van der Waals surface area contributed by atoms with Crippen LogP contribution in [0, 0.1) is 5.92 Å². The van der Waals surface area contributed by atoms with E-state index in [1.165, 1.54) is 0 Å². The van der Waals surface area contributed by atoms with Gasteiger partial charge in [0.1, 0.15) is 0 Å². The second kappa shape index (κ2) is 8.06. The summed E-state index contributed by atoms with van der Waals surface area (Å²) in [6.45, 7) is 6.45. The zero-order chi connectivity index (χ0) is 18.7. The molecule has 0 saturated carbocycles. The van der Waals surface area contributed by atoms with Crippen molar-refractivity contribution < 1.29 is 13.2 Å². The van der Waals surface area contributed by atoms with Crippen LogP contribution in [-0.2, 0) is 15.8 Å². The predicted octanol–water partition coefficient (Wildman–Crippen LogP) is 1.64. The summed E-state index contributed by atoms with van der Waals surface area (Å²) in [4.78, 5) is 16.6. The van der Waals surface area contributed by atoms with E-state index in [1.54, 1.807) is 28.6 Å². The van der Waals surface area contributed by atoms with Crippen molar-refractivity contribution in [1.82, 2.24) is 14.1 Å². The fourth-order valence-electron chi connectivity index (χ4n) is 3.51. The number of carbonyl (C=O) groups excluding carboxylic acids is 1. The molecule has 26 heavy (non-hydrogen) atoms. The van der Waals surface area contributed by atoms with Crippen molar-refractivity contribution in [3.63, 3.8) is 0 Å². The Kier molecular flexibility index (Phi) is 5.99. The van der Waals surface area contributed by atoms with Gasteiger partial charge in [-0.25, -0.2) is 8.42 Å². The van der Waals surface area contributed by atoms with E-state index in [4.69, 9.17) is 0 Å². The lowest BCUT2D eigenvalue weighted by Gasteiger charge is -2.31. The van der Waals surface area contributed by atoms with Gasteiger partial charge in [-0.2, -0.15) is 4.31 Å². The zero-order valence-electron chi connectivity index (χ0n) is 15.7. The summed E-state index contributed by atoms with van der Waals surface area (Å²) in [6.07, 6.45) is 2.10. The Hall–Kier alpha value is -1.44. The summed E-state index contributed by atoms with van der Waals surface area (Å²) in [7, 11) is -1.31. The molecule has 6 nitrogen and oxygen atoms in total. The number of piperazine rings is 1. The molecule has 0 spiro atoms. The Bertz CT molecular complexity index is 717. The van der Waals surface area contributed by atoms with Crippen LogP contribution in [0.3, 0.4) is 0 Å². The van der Waals surface area contributed by atoms with Crippen molar-refractivity contribution in [2.75, 3.05) is 46.3 Å². The van der Waals surface area contributed by atoms with Crippen LogP contribution in [0.4, 0.5) is 0 Å². The fraction of sp³-hybridized carbons (Fsp3) is 0.632. The first-order valence-corrected chi connectivity index (χ1v) is 11.0. The molecular weight excluding hydrogens is 350 g/mol. The summed E-state index contributed by atoms with van der Waals surface area (Å²) in [6, 6.07) is 7.06. The average molecular weight is 380 g/mol. The van der Waals surface area contributed by atoms with Crippen LogP contribution in [0.15, 0.2) is 24.3 Å². The van der Waals surface area contributed by atoms with E-state index in [0.29, 0.717) is 24.6 Å². The van der Waals surface area contributed by atoms with Gasteiger partial charge in [0.2, 0.25) is 10.0 Å². The summed E-state index contributed by atoms with van der Waals surface area (Å²) in [5, 5.41) is 0. The first-order chi connectivity index (χ1) is 12.3. The van der Waals surface area contributed by atoms with Gasteiger partial charge in [-0.3, -0.25) is 4.79 Å². The quantitative estimate of drug-likeness (QED) is 0.798. The normalized spacial score (nSPS) is 21.1. The molecule has 0 radical (unpaired) electrons. The van der Waals surface area contributed by atoms with E-state index in [1.807, 2.05) is 11.9 Å². The molecule has 0 unspecified atom stereocenters. The van der Waals surface area contributed by atoms with Gasteiger partial charge in [0.25, 0.3) is 5.91 Å². The highest BCUT2D eigenvalue weighted by atomic mass is 32.2. The van der Waals surface area contributed by atoms with Crippen LogP contribution in [-0.4, -0.2) is 74.7 Å². The Morgan fingerprint density at radius 2 is 1.58 bits per heavy atom. The van der Waals surface area contributed by atoms with Crippen LogP contribution in [0.25, 0.3) is 0 Å². The number of carbonyl (C=O) groups is 1. The van der Waals surface area contributed by atoms with Crippen LogP contribution in [0.2, 0.25) is 0 Å². The molecule has 2 saturated heterocycles. The van der Waals surface area contributed by atoms with Gasteiger partial charge in [0.05, 0.1) is 5.75 Å². The number of nitrogens with zero attached hydrogens (tertiary/aromatic N) is 3. The molecule has 0 aromatic heterocycles. The summed E-state index contributed by atoms with van der Waals surface area (Å²) in [5.74, 6) is 0.721. The molecular formula is C19H29N3O3S. The number of benzene rings is 1. The number of likely N-dealkylation sites (N-methyl/N-ethyl adjacent to an activating group) is 1. The smallest absolute Gasteiger partial charge is 0.253 e. The maximum atomic E-state index is 12.6. The fourth-order valence-corrected chi connectivity index (χ4v) is 5.02. The second-order valence-electron chi connectivity index (χ2n) is 7.63. The van der Waals surface area contributed by atoms with E-state index >= 15 is 0 Å². The molecule has 2 aliphatic rings. The van der Waals surface area contributed by atoms with Gasteiger partial charge in [0.15, 0.2) is 0 Å². The van der Waals surface area contributed by atoms with Gasteiger partial charge in [-0.1, -0.05) is 19.1 Å². The first kappa shape index (κ1) is 19.3. The van der Waals surface area contributed by atoms with Gasteiger partial charge < -0.3 is 9.80 Å². The molecule has 1 amide bonds. The monoisotopic (exact) mass is 379 g/mol. The number of rotatable bonds is 4. The number of likely N-dealkylation sites (tertiary alicyclic amines) is 1. The number of sulfonamides is 1. The molecule has 144 valence electrons. The van der Waals surface area contributed by atoms with Crippen LogP contribution < -0.4 is 0 Å². The van der Waals surface area contributed by atoms with Crippen molar-refractivity contribution in [1.29, 1.82) is 0 Å². The lowest BCUT2D eigenvalue weighted by atomic mass is 9.98. The highest BCUT2D eigenvalue weighted by Crippen LogP contribution is 2.19. The third-order valence-electron chi connectivity index (χ3n) is 5.48. The summed E-state index contributed by atoms with van der Waals surface area (Å²) in [5.41, 5.74) is 1.37. The molecule has 0 aliphatic carbocycles. The van der Waals surface area contributed by atoms with Gasteiger partial charge in [-0.05, 0) is 43.5 Å². The van der Waals surface area contributed by atoms with Crippen LogP contribution in [0.5, 0.6) is 0 Å². The highest BCUT2D eigenvalue weighted by Gasteiger charge is 2.26. The molecule has 0 atom stereocenters. The lowest BCUT2D eigenvalue weighted by Crippen LogP contribution is -2.47. The number of amides is 1. The molecule has 1 aromatic carbocycles. The lowest BCUT2D eigenvalue weighted by molar-refractivity contribution is 0.0697. The van der Waals surface area contributed by atoms with Gasteiger partial charge in [0, 0.05) is 44.8 Å². The molecule has 7 heteroatoms. The number of hydrogen-bond donors (Lipinski definition) is 0. The SMILES string of the molecule is CC1CCN(C(=O)c2ccc(CS(=O)(=O)N3CCN(C)CC3)cc2)CC1. The first-order valence-electron chi connectivity index (χ1n) is 9.40. The Balaban J connectivity index is 1.61. The van der Waals surface area contributed by atoms with Crippen molar-refractivity contribution in [2.24, 2.45) is 5.92 Å². The minimum Gasteiger partial charge on any atom is -0.339 e. The standard InChI is InChI=1S/C19H29N3O3S/c1-16-7-9-21(10-8-16)19(23)18-5-3-17(4-6-18)15-26(24,25)22-13-11-20(2)12-14-22/h3-6,16H,7-15H2,1-2H3. The summed E-state index contributed by atoms with van der Waals surface area (Å²) < 4.78 is 26.8. The molecule has 2 aliphatic heterocycles. The molecule has 3 rings (SSSR count). The Labute approximate surface area is 156 Å². The van der Waals surface area contributed by atoms with E-state index in [0.717, 1.165) is 44.6 Å². The van der Waals surface area contributed by atoms with Crippen molar-refractivity contribution in [2.45, 2.75) is 25.5 Å². The van der Waals surface area contributed by atoms with Crippen molar-refractivity contribution >= 4 is 15.9 Å². The molecule has 1 aromatic rings. The van der Waals surface area contributed by atoms with Gasteiger partial charge >= 0.3 is 0 Å². The third-order valence-corrected chi connectivity index (χ3v) is 7.33. The largest absolute Gasteiger partial charge is 0.339 e. The average Bonchev–Trinajstić information content (AvgIpc) is 2.62. The minimum atomic E-state index is -3.31. The van der Waals surface area contributed by atoms with E-state index in [-0.39, 0.29) is 11.7 Å². The Morgan fingerprint density at radius 3 is 2.15 bits per heavy atom. The highest BCUT2D eigenvalue weighted by molar-refractivity contribution is 7.88.